The second kappa shape index (κ2) is 36.3. The molecule has 0 saturated heterocycles. The van der Waals surface area contributed by atoms with Gasteiger partial charge in [-0.15, -0.1) is 0 Å². The van der Waals surface area contributed by atoms with Crippen molar-refractivity contribution in [1.29, 1.82) is 0 Å². The Morgan fingerprint density at radius 1 is 0.350 bits per heavy atom. The summed E-state index contributed by atoms with van der Waals surface area (Å²) in [5.74, 6) is 0. The molecule has 0 rings (SSSR count). The Hall–Kier alpha value is -0.730. The molecule has 0 heterocycles. The first-order chi connectivity index (χ1) is 20.6. The van der Waals surface area contributed by atoms with Gasteiger partial charge < -0.3 is 10.6 Å². The maximum Gasteiger partial charge on any atom is 0.314 e. The molecule has 3 heteroatoms. The predicted octanol–water partition coefficient (Wildman–Crippen LogP) is 12.8. The smallest absolute Gasteiger partial charge is 0.314 e. The van der Waals surface area contributed by atoms with Crippen LogP contribution in [0.3, 0.4) is 0 Å². The molecule has 3 nitrogen and oxygen atoms in total. The minimum absolute atomic E-state index is 0.450. The molecule has 0 aliphatic carbocycles. The molecule has 2 N–H and O–H groups in total. The zero-order valence-electron chi connectivity index (χ0n) is 29.8. The van der Waals surface area contributed by atoms with Gasteiger partial charge in [0.1, 0.15) is 0 Å². The van der Waals surface area contributed by atoms with E-state index >= 15 is 0 Å². The number of rotatable bonds is 34. The molecule has 0 aromatic rings. The van der Waals surface area contributed by atoms with Crippen LogP contribution in [0.2, 0.25) is 2.82 Å². The van der Waals surface area contributed by atoms with E-state index in [4.69, 9.17) is 2.82 Å². The highest BCUT2D eigenvalue weighted by molar-refractivity contribution is 5.73. The van der Waals surface area contributed by atoms with Gasteiger partial charge in [-0.05, 0) is 12.8 Å². The lowest BCUT2D eigenvalue weighted by Gasteiger charge is -2.08. The molecule has 0 radical (unpaired) electrons. The second-order valence-corrected chi connectivity index (χ2v) is 12.7. The first kappa shape index (κ1) is 35.5. The summed E-state index contributed by atoms with van der Waals surface area (Å²) in [6, 6.07) is -0.461. The number of hydrogen-bond acceptors (Lipinski definition) is 1. The van der Waals surface area contributed by atoms with Crippen molar-refractivity contribution in [1.82, 2.24) is 10.6 Å². The SMILES string of the molecule is [2H]N(CCCCCCCCCCCCCCCCCC)C(=O)N([2H])CCCCCCCCCCCCCCCCCC. The summed E-state index contributed by atoms with van der Waals surface area (Å²) in [6.45, 7) is 5.46. The van der Waals surface area contributed by atoms with Crippen LogP contribution in [-0.4, -0.2) is 19.1 Å². The third kappa shape index (κ3) is 35.3. The lowest BCUT2D eigenvalue weighted by Crippen LogP contribution is -2.36. The van der Waals surface area contributed by atoms with E-state index in [2.05, 4.69) is 13.8 Å². The molecule has 40 heavy (non-hydrogen) atoms. The fourth-order valence-electron chi connectivity index (χ4n) is 5.72. The summed E-state index contributed by atoms with van der Waals surface area (Å²) in [4.78, 5) is 12.3. The quantitative estimate of drug-likeness (QED) is 0.0747. The van der Waals surface area contributed by atoms with Crippen molar-refractivity contribution in [2.24, 2.45) is 0 Å². The Morgan fingerprint density at radius 2 is 0.525 bits per heavy atom. The van der Waals surface area contributed by atoms with Crippen molar-refractivity contribution >= 4 is 6.03 Å². The monoisotopic (exact) mass is 567 g/mol. The predicted molar refractivity (Wildman–Crippen MR) is 180 cm³/mol. The molecule has 2 amide bonds. The Balaban J connectivity index is 3.39. The minimum atomic E-state index is -0.461. The lowest BCUT2D eigenvalue weighted by molar-refractivity contribution is 0.240. The van der Waals surface area contributed by atoms with Gasteiger partial charge in [-0.25, -0.2) is 4.79 Å². The maximum atomic E-state index is 12.3. The Kier molecular flexibility index (Phi) is 32.2. The number of carbonyl (C=O) groups excluding carboxylic acids is 1. The van der Waals surface area contributed by atoms with E-state index in [1.807, 2.05) is 0 Å². The third-order valence-corrected chi connectivity index (χ3v) is 8.52. The van der Waals surface area contributed by atoms with Crippen LogP contribution in [0, 0.1) is 0 Å². The fourth-order valence-corrected chi connectivity index (χ4v) is 5.72. The van der Waals surface area contributed by atoms with Gasteiger partial charge in [-0.1, -0.05) is 206 Å². The minimum Gasteiger partial charge on any atom is -0.338 e. The average Bonchev–Trinajstić information content (AvgIpc) is 3.00. The standard InChI is InChI=1S/C37H76N2O/c1-3-5-7-9-11-13-15-17-19-21-23-25-27-29-31-33-35-38-37(40)39-36-34-32-30-28-26-24-22-20-18-16-14-12-10-8-6-4-2/h3-36H2,1-2H3,(H2,38,39,40)/i/hD2. The Morgan fingerprint density at radius 3 is 0.725 bits per heavy atom. The first-order valence-electron chi connectivity index (χ1n) is 19.6. The van der Waals surface area contributed by atoms with Crippen molar-refractivity contribution in [3.05, 3.63) is 0 Å². The highest BCUT2D eigenvalue weighted by Crippen LogP contribution is 2.15. The Labute approximate surface area is 256 Å². The summed E-state index contributed by atoms with van der Waals surface area (Å²) in [7, 11) is 0. The normalized spacial score (nSPS) is 11.9. The van der Waals surface area contributed by atoms with Crippen LogP contribution in [-0.2, 0) is 0 Å². The zero-order chi connectivity index (χ0) is 30.8. The van der Waals surface area contributed by atoms with Gasteiger partial charge in [0.15, 0.2) is 2.82 Å². The molecule has 0 aromatic carbocycles. The second-order valence-electron chi connectivity index (χ2n) is 12.7. The first-order valence-corrected chi connectivity index (χ1v) is 18.7. The molecule has 0 aliphatic heterocycles. The van der Waals surface area contributed by atoms with E-state index in [1.165, 1.54) is 180 Å². The van der Waals surface area contributed by atoms with Crippen LogP contribution in [0.1, 0.15) is 219 Å². The summed E-state index contributed by atoms with van der Waals surface area (Å²) < 4.78 is 16.0. The topological polar surface area (TPSA) is 41.1 Å². The summed E-state index contributed by atoms with van der Waals surface area (Å²) in [6.07, 6.45) is 42.3. The average molecular weight is 567 g/mol. The van der Waals surface area contributed by atoms with Crippen molar-refractivity contribution < 1.29 is 7.62 Å². The van der Waals surface area contributed by atoms with E-state index in [0.29, 0.717) is 13.1 Å². The molecule has 0 fully saturated rings. The fraction of sp³-hybridized carbons (Fsp3) is 0.973. The van der Waals surface area contributed by atoms with E-state index < -0.39 is 6.03 Å². The van der Waals surface area contributed by atoms with Gasteiger partial charge >= 0.3 is 6.03 Å². The van der Waals surface area contributed by atoms with Crippen LogP contribution in [0.25, 0.3) is 0 Å². The number of nitrogens with one attached hydrogen (secondary N) is 2. The summed E-state index contributed by atoms with van der Waals surface area (Å²) in [5.41, 5.74) is 0. The van der Waals surface area contributed by atoms with E-state index in [0.717, 1.165) is 36.3 Å². The summed E-state index contributed by atoms with van der Waals surface area (Å²) >= 11 is 0. The van der Waals surface area contributed by atoms with Crippen molar-refractivity contribution in [2.75, 3.05) is 13.1 Å². The highest BCUT2D eigenvalue weighted by Gasteiger charge is 2.00. The summed E-state index contributed by atoms with van der Waals surface area (Å²) in [5, 5.41) is 2.01. The molecule has 0 bridgehead atoms. The van der Waals surface area contributed by atoms with Gasteiger partial charge in [-0.2, -0.15) is 0 Å². The van der Waals surface area contributed by atoms with Gasteiger partial charge in [0.05, 0.1) is 0 Å². The largest absolute Gasteiger partial charge is 0.338 e. The van der Waals surface area contributed by atoms with Crippen molar-refractivity contribution in [2.45, 2.75) is 219 Å². The third-order valence-electron chi connectivity index (χ3n) is 8.52. The molecule has 0 spiro atoms. The molecule has 0 saturated carbocycles. The number of urea groups is 1. The molecular formula is C37H76N2O. The highest BCUT2D eigenvalue weighted by atomic mass is 16.2. The molecule has 0 aliphatic rings. The number of hydrogen-bond donors (Lipinski definition) is 2. The molecule has 0 atom stereocenters. The lowest BCUT2D eigenvalue weighted by atomic mass is 10.0. The number of carbonyl (C=O) groups is 1. The van der Waals surface area contributed by atoms with Gasteiger partial charge in [-0.3, -0.25) is 0 Å². The molecule has 0 unspecified atom stereocenters. The van der Waals surface area contributed by atoms with Gasteiger partial charge in [0.25, 0.3) is 0 Å². The number of unbranched alkanes of at least 4 members (excludes halogenated alkanes) is 30. The molecule has 240 valence electrons. The van der Waals surface area contributed by atoms with Gasteiger partial charge in [0.2, 0.25) is 0 Å². The van der Waals surface area contributed by atoms with Gasteiger partial charge in [0, 0.05) is 13.1 Å². The van der Waals surface area contributed by atoms with Crippen LogP contribution < -0.4 is 10.6 Å². The molecular weight excluding hydrogens is 488 g/mol. The van der Waals surface area contributed by atoms with Crippen LogP contribution >= 0.6 is 0 Å². The van der Waals surface area contributed by atoms with Crippen molar-refractivity contribution in [3.63, 3.8) is 0 Å². The van der Waals surface area contributed by atoms with Crippen LogP contribution in [0.4, 0.5) is 4.79 Å². The zero-order valence-corrected chi connectivity index (χ0v) is 27.8. The van der Waals surface area contributed by atoms with E-state index in [-0.39, 0.29) is 0 Å². The number of amides is 2. The van der Waals surface area contributed by atoms with Crippen LogP contribution in [0.15, 0.2) is 0 Å². The maximum absolute atomic E-state index is 12.3. The Bertz CT molecular complexity index is 490. The molecule has 0 aromatic heterocycles. The van der Waals surface area contributed by atoms with E-state index in [1.54, 1.807) is 0 Å². The van der Waals surface area contributed by atoms with Crippen molar-refractivity contribution in [3.8, 4) is 0 Å². The van der Waals surface area contributed by atoms with Crippen LogP contribution in [0.5, 0.6) is 0 Å². The van der Waals surface area contributed by atoms with E-state index in [9.17, 15) is 4.79 Å².